The highest BCUT2D eigenvalue weighted by atomic mass is 35.5. The molecule has 0 aliphatic carbocycles. The number of hydrogen-bond donors (Lipinski definition) is 1. The summed E-state index contributed by atoms with van der Waals surface area (Å²) in [5.74, 6) is -1.20. The first-order valence-electron chi connectivity index (χ1n) is 9.85. The lowest BCUT2D eigenvalue weighted by atomic mass is 9.97. The molecule has 2 heterocycles. The van der Waals surface area contributed by atoms with E-state index in [0.29, 0.717) is 17.7 Å². The Morgan fingerprint density at radius 3 is 2.22 bits per heavy atom. The summed E-state index contributed by atoms with van der Waals surface area (Å²) in [5, 5.41) is 0.155. The second-order valence-electron chi connectivity index (χ2n) is 9.13. The average molecular weight is 485 g/mol. The molecule has 12 heteroatoms. The summed E-state index contributed by atoms with van der Waals surface area (Å²) < 4.78 is 25.0. The third kappa shape index (κ3) is 6.71. The second-order valence-corrected chi connectivity index (χ2v) is 11.1. The Labute approximate surface area is 192 Å². The number of nitrogens with two attached hydrogens (primary N) is 1. The lowest BCUT2D eigenvalue weighted by Crippen LogP contribution is -2.33. The molecule has 0 aliphatic rings. The number of nitrogen functional groups attached to an aromatic ring is 1. The molecule has 10 nitrogen and oxygen atoms in total. The maximum absolute atomic E-state index is 12.8. The predicted molar refractivity (Wildman–Crippen MR) is 121 cm³/mol. The molecule has 2 aromatic rings. The van der Waals surface area contributed by atoms with Crippen molar-refractivity contribution in [2.45, 2.75) is 54.1 Å². The molecule has 0 aromatic carbocycles. The molecule has 0 amide bonds. The smallest absolute Gasteiger partial charge is 0.384 e. The molecule has 0 saturated carbocycles. The van der Waals surface area contributed by atoms with Gasteiger partial charge in [0.25, 0.3) is 0 Å². The van der Waals surface area contributed by atoms with Gasteiger partial charge in [-0.05, 0) is 47.6 Å². The highest BCUT2D eigenvalue weighted by molar-refractivity contribution is 7.45. The van der Waals surface area contributed by atoms with E-state index < -0.39 is 36.6 Å². The number of halogens is 1. The third-order valence-electron chi connectivity index (χ3n) is 4.07. The van der Waals surface area contributed by atoms with Crippen molar-refractivity contribution in [1.29, 1.82) is 0 Å². The van der Waals surface area contributed by atoms with Crippen molar-refractivity contribution < 1.29 is 23.6 Å². The molecule has 2 rings (SSSR count). The molecule has 2 aromatic heterocycles. The molecule has 0 aliphatic heterocycles. The van der Waals surface area contributed by atoms with Gasteiger partial charge in [0.2, 0.25) is 5.95 Å². The number of rotatable bonds is 7. The zero-order valence-electron chi connectivity index (χ0n) is 19.0. The Balaban J connectivity index is 2.09. The van der Waals surface area contributed by atoms with Crippen molar-refractivity contribution in [1.82, 2.24) is 19.5 Å². The number of esters is 2. The zero-order valence-corrected chi connectivity index (χ0v) is 20.6. The summed E-state index contributed by atoms with van der Waals surface area (Å²) in [6.45, 7) is 10.3. The van der Waals surface area contributed by atoms with Gasteiger partial charge in [-0.15, -0.1) is 0 Å². The van der Waals surface area contributed by atoms with Crippen LogP contribution in [0.2, 0.25) is 5.15 Å². The van der Waals surface area contributed by atoms with E-state index in [9.17, 15) is 14.2 Å². The molecule has 1 unspecified atom stereocenters. The molecule has 32 heavy (non-hydrogen) atoms. The van der Waals surface area contributed by atoms with E-state index in [2.05, 4.69) is 15.0 Å². The third-order valence-corrected chi connectivity index (χ3v) is 5.58. The van der Waals surface area contributed by atoms with Crippen LogP contribution in [-0.4, -0.2) is 43.7 Å². The molecular weight excluding hydrogens is 457 g/mol. The SMILES string of the molecule is CC(C)(C)C(=O)OC(OC(=O)C(C)(C)C)[P+](=O)C/C=C/Cn1cnc2c(Cl)nc(N)nc21. The van der Waals surface area contributed by atoms with Crippen LogP contribution in [0.25, 0.3) is 11.2 Å². The number of nitrogens with zero attached hydrogens (tertiary/aromatic N) is 4. The number of allylic oxidation sites excluding steroid dienone is 2. The van der Waals surface area contributed by atoms with Crippen molar-refractivity contribution in [2.75, 3.05) is 11.9 Å². The second kappa shape index (κ2) is 9.92. The number of fused-ring (bicyclic) bond motifs is 1. The van der Waals surface area contributed by atoms with Crippen molar-refractivity contribution in [3.63, 3.8) is 0 Å². The van der Waals surface area contributed by atoms with Crippen molar-refractivity contribution >= 4 is 48.5 Å². The molecule has 2 N–H and O–H groups in total. The molecule has 0 saturated heterocycles. The first-order chi connectivity index (χ1) is 14.7. The number of anilines is 1. The van der Waals surface area contributed by atoms with Crippen molar-refractivity contribution in [3.8, 4) is 0 Å². The van der Waals surface area contributed by atoms with Gasteiger partial charge >= 0.3 is 25.8 Å². The van der Waals surface area contributed by atoms with E-state index in [1.54, 1.807) is 58.3 Å². The summed E-state index contributed by atoms with van der Waals surface area (Å²) in [5.41, 5.74) is 4.84. The standard InChI is InChI=1S/C20H28ClN5O5P/c1-19(2,3)15(27)30-18(31-16(28)20(4,5)6)32(29)10-8-7-9-26-11-23-12-13(21)24-17(22)25-14(12)26/h7-8,11,18H,9-10H2,1-6H3,(H2,22,24,25)/q+1/b8-7+. The van der Waals surface area contributed by atoms with Crippen LogP contribution in [0.1, 0.15) is 41.5 Å². The fraction of sp³-hybridized carbons (Fsp3) is 0.550. The fourth-order valence-corrected chi connectivity index (χ4v) is 3.37. The number of carbonyl (C=O) groups excluding carboxylic acids is 2. The lowest BCUT2D eigenvalue weighted by Gasteiger charge is -2.21. The Morgan fingerprint density at radius 1 is 1.12 bits per heavy atom. The highest BCUT2D eigenvalue weighted by Crippen LogP contribution is 2.34. The van der Waals surface area contributed by atoms with Gasteiger partial charge in [-0.25, -0.2) is 4.98 Å². The lowest BCUT2D eigenvalue weighted by molar-refractivity contribution is -0.184. The van der Waals surface area contributed by atoms with Crippen molar-refractivity contribution in [3.05, 3.63) is 23.6 Å². The van der Waals surface area contributed by atoms with E-state index in [-0.39, 0.29) is 17.3 Å². The van der Waals surface area contributed by atoms with Crippen LogP contribution in [-0.2, 0) is 30.2 Å². The minimum atomic E-state index is -2.23. The number of ether oxygens (including phenoxy) is 2. The normalized spacial score (nSPS) is 13.1. The van der Waals surface area contributed by atoms with Crippen molar-refractivity contribution in [2.24, 2.45) is 10.8 Å². The van der Waals surface area contributed by atoms with Crippen LogP contribution in [0, 0.1) is 10.8 Å². The van der Waals surface area contributed by atoms with E-state index in [4.69, 9.17) is 26.8 Å². The number of hydrogen-bond acceptors (Lipinski definition) is 9. The van der Waals surface area contributed by atoms with E-state index >= 15 is 0 Å². The summed E-state index contributed by atoms with van der Waals surface area (Å²) in [7, 11) is -2.23. The van der Waals surface area contributed by atoms with Crippen LogP contribution in [0.3, 0.4) is 0 Å². The van der Waals surface area contributed by atoms with Gasteiger partial charge in [0.1, 0.15) is 5.52 Å². The van der Waals surface area contributed by atoms with Gasteiger partial charge in [-0.3, -0.25) is 9.59 Å². The minimum absolute atomic E-state index is 0.0271. The van der Waals surface area contributed by atoms with Gasteiger partial charge in [0.05, 0.1) is 17.2 Å². The summed E-state index contributed by atoms with van der Waals surface area (Å²) >= 11 is 6.01. The Morgan fingerprint density at radius 2 is 1.69 bits per heavy atom. The monoisotopic (exact) mass is 484 g/mol. The molecule has 0 radical (unpaired) electrons. The first kappa shape index (κ1) is 25.7. The molecular formula is C20H28ClN5O5P+. The van der Waals surface area contributed by atoms with Gasteiger partial charge in [-0.1, -0.05) is 22.2 Å². The minimum Gasteiger partial charge on any atom is -0.384 e. The van der Waals surface area contributed by atoms with Crippen LogP contribution in [0.15, 0.2) is 18.5 Å². The van der Waals surface area contributed by atoms with E-state index in [1.165, 1.54) is 6.33 Å². The van der Waals surface area contributed by atoms with E-state index in [1.807, 2.05) is 0 Å². The topological polar surface area (TPSA) is 139 Å². The van der Waals surface area contributed by atoms with Crippen LogP contribution >= 0.6 is 19.4 Å². The molecule has 0 fully saturated rings. The number of imidazole rings is 1. The van der Waals surface area contributed by atoms with Gasteiger partial charge < -0.3 is 19.8 Å². The van der Waals surface area contributed by atoms with Gasteiger partial charge in [0, 0.05) is 6.54 Å². The summed E-state index contributed by atoms with van der Waals surface area (Å²) in [6.07, 6.45) is 4.93. The van der Waals surface area contributed by atoms with Crippen LogP contribution in [0.4, 0.5) is 5.95 Å². The molecule has 0 bridgehead atoms. The largest absolute Gasteiger partial charge is 0.451 e. The molecule has 174 valence electrons. The maximum Gasteiger partial charge on any atom is 0.451 e. The van der Waals surface area contributed by atoms with Crippen LogP contribution in [0.5, 0.6) is 0 Å². The first-order valence-corrected chi connectivity index (χ1v) is 11.7. The Hall–Kier alpha value is -2.58. The van der Waals surface area contributed by atoms with E-state index in [0.717, 1.165) is 0 Å². The highest BCUT2D eigenvalue weighted by Gasteiger charge is 2.41. The van der Waals surface area contributed by atoms with Crippen LogP contribution < -0.4 is 5.73 Å². The molecule has 1 atom stereocenters. The Bertz CT molecular complexity index is 1030. The summed E-state index contributed by atoms with van der Waals surface area (Å²) in [6, 6.07) is -1.48. The Kier molecular flexibility index (Phi) is 7.96. The predicted octanol–water partition coefficient (Wildman–Crippen LogP) is 3.91. The van der Waals surface area contributed by atoms with Gasteiger partial charge in [0.15, 0.2) is 17.0 Å². The summed E-state index contributed by atoms with van der Waals surface area (Å²) in [4.78, 5) is 36.7. The quantitative estimate of drug-likeness (QED) is 0.203. The number of aromatic nitrogens is 4. The molecule has 0 spiro atoms. The number of carbonyl (C=O) groups is 2. The fourth-order valence-electron chi connectivity index (χ4n) is 2.19. The zero-order chi connectivity index (χ0) is 24.3. The maximum atomic E-state index is 12.8. The average Bonchev–Trinajstić information content (AvgIpc) is 3.05. The van der Waals surface area contributed by atoms with Gasteiger partial charge in [-0.2, -0.15) is 9.97 Å².